The van der Waals surface area contributed by atoms with Crippen LogP contribution >= 0.6 is 0 Å². The van der Waals surface area contributed by atoms with Gasteiger partial charge in [0.2, 0.25) is 5.89 Å². The van der Waals surface area contributed by atoms with Crippen LogP contribution in [0.25, 0.3) is 0 Å². The lowest BCUT2D eigenvalue weighted by molar-refractivity contribution is -0.0835. The molecule has 1 fully saturated rings. The molecule has 1 aliphatic rings. The van der Waals surface area contributed by atoms with Gasteiger partial charge >= 0.3 is 0 Å². The van der Waals surface area contributed by atoms with Crippen LogP contribution in [0, 0.1) is 25.2 Å². The lowest BCUT2D eigenvalue weighted by Gasteiger charge is -2.40. The predicted molar refractivity (Wildman–Crippen MR) is 96.1 cm³/mol. The molecule has 0 amide bonds. The van der Waals surface area contributed by atoms with Crippen LogP contribution in [0.4, 0.5) is 0 Å². The van der Waals surface area contributed by atoms with Gasteiger partial charge in [-0.3, -0.25) is 4.99 Å². The Labute approximate surface area is 145 Å². The van der Waals surface area contributed by atoms with E-state index in [4.69, 9.17) is 9.15 Å². The van der Waals surface area contributed by atoms with Gasteiger partial charge in [-0.25, -0.2) is 4.98 Å². The van der Waals surface area contributed by atoms with E-state index in [1.165, 1.54) is 6.42 Å². The molecule has 2 unspecified atom stereocenters. The summed E-state index contributed by atoms with van der Waals surface area (Å²) in [4.78, 5) is 8.67. The van der Waals surface area contributed by atoms with Gasteiger partial charge in [-0.05, 0) is 32.1 Å². The van der Waals surface area contributed by atoms with E-state index >= 15 is 0 Å². The number of guanidine groups is 1. The van der Waals surface area contributed by atoms with Crippen LogP contribution in [0.1, 0.15) is 51.0 Å². The van der Waals surface area contributed by atoms with Crippen LogP contribution in [0.5, 0.6) is 0 Å². The van der Waals surface area contributed by atoms with Crippen molar-refractivity contribution in [2.45, 2.75) is 60.1 Å². The zero-order valence-electron chi connectivity index (χ0n) is 15.9. The zero-order valence-corrected chi connectivity index (χ0v) is 15.9. The molecule has 1 saturated heterocycles. The first-order valence-corrected chi connectivity index (χ1v) is 8.80. The molecule has 0 bridgehead atoms. The van der Waals surface area contributed by atoms with Crippen LogP contribution in [0.3, 0.4) is 0 Å². The van der Waals surface area contributed by atoms with Gasteiger partial charge in [0.05, 0.1) is 18.3 Å². The second-order valence-electron chi connectivity index (χ2n) is 7.62. The third kappa shape index (κ3) is 4.97. The normalized spacial score (nSPS) is 22.5. The fraction of sp³-hybridized carbons (Fsp3) is 0.778. The maximum absolute atomic E-state index is 6.04. The third-order valence-electron chi connectivity index (χ3n) is 4.53. The second-order valence-corrected chi connectivity index (χ2v) is 7.62. The highest BCUT2D eigenvalue weighted by Crippen LogP contribution is 2.33. The van der Waals surface area contributed by atoms with Gasteiger partial charge in [0.15, 0.2) is 5.96 Å². The quantitative estimate of drug-likeness (QED) is 0.653. The molecule has 6 nitrogen and oxygen atoms in total. The van der Waals surface area contributed by atoms with Crippen molar-refractivity contribution in [2.75, 3.05) is 20.2 Å². The SMILES string of the molecule is CN=C(NCc1nc(C)c(C)o1)NCC1CCCOC1C(C)(C)C. The number of oxazole rings is 1. The molecule has 0 saturated carbocycles. The fourth-order valence-electron chi connectivity index (χ4n) is 3.23. The Morgan fingerprint density at radius 1 is 1.29 bits per heavy atom. The number of aliphatic imine (C=N–C) groups is 1. The molecule has 1 aliphatic heterocycles. The molecule has 0 spiro atoms. The highest BCUT2D eigenvalue weighted by atomic mass is 16.5. The van der Waals surface area contributed by atoms with Crippen molar-refractivity contribution in [3.63, 3.8) is 0 Å². The predicted octanol–water partition coefficient (Wildman–Crippen LogP) is 2.80. The van der Waals surface area contributed by atoms with Crippen LogP contribution in [-0.2, 0) is 11.3 Å². The molecule has 2 rings (SSSR count). The Kier molecular flexibility index (Phi) is 6.27. The van der Waals surface area contributed by atoms with Gasteiger partial charge in [-0.15, -0.1) is 0 Å². The summed E-state index contributed by atoms with van der Waals surface area (Å²) in [5.41, 5.74) is 1.08. The van der Waals surface area contributed by atoms with Gasteiger partial charge in [-0.2, -0.15) is 0 Å². The molecule has 0 radical (unpaired) electrons. The Hall–Kier alpha value is -1.56. The van der Waals surface area contributed by atoms with Crippen LogP contribution < -0.4 is 10.6 Å². The summed E-state index contributed by atoms with van der Waals surface area (Å²) in [6.07, 6.45) is 2.58. The van der Waals surface area contributed by atoms with Gasteiger partial charge in [-0.1, -0.05) is 20.8 Å². The van der Waals surface area contributed by atoms with E-state index in [9.17, 15) is 0 Å². The van der Waals surface area contributed by atoms with Gasteiger partial charge in [0, 0.05) is 26.1 Å². The molecule has 2 N–H and O–H groups in total. The van der Waals surface area contributed by atoms with E-state index in [-0.39, 0.29) is 11.5 Å². The summed E-state index contributed by atoms with van der Waals surface area (Å²) in [6, 6.07) is 0. The van der Waals surface area contributed by atoms with E-state index in [0.29, 0.717) is 18.4 Å². The Balaban J connectivity index is 1.86. The molecule has 1 aromatic rings. The average Bonchev–Trinajstić information content (AvgIpc) is 2.85. The van der Waals surface area contributed by atoms with E-state index in [0.717, 1.165) is 37.0 Å². The van der Waals surface area contributed by atoms with Gasteiger partial charge < -0.3 is 19.8 Å². The number of aromatic nitrogens is 1. The summed E-state index contributed by atoms with van der Waals surface area (Å²) < 4.78 is 11.6. The molecule has 24 heavy (non-hydrogen) atoms. The first-order valence-electron chi connectivity index (χ1n) is 8.80. The first-order chi connectivity index (χ1) is 11.3. The number of aryl methyl sites for hydroxylation is 2. The van der Waals surface area contributed by atoms with Crippen molar-refractivity contribution in [1.82, 2.24) is 15.6 Å². The molecular weight excluding hydrogens is 304 g/mol. The van der Waals surface area contributed by atoms with E-state index in [1.54, 1.807) is 7.05 Å². The monoisotopic (exact) mass is 336 g/mol. The Morgan fingerprint density at radius 2 is 2.04 bits per heavy atom. The number of rotatable bonds is 4. The molecule has 136 valence electrons. The highest BCUT2D eigenvalue weighted by Gasteiger charge is 2.35. The van der Waals surface area contributed by atoms with Crippen molar-refractivity contribution in [3.05, 3.63) is 17.3 Å². The molecule has 1 aromatic heterocycles. The average molecular weight is 336 g/mol. The topological polar surface area (TPSA) is 71.7 Å². The molecule has 2 atom stereocenters. The zero-order chi connectivity index (χ0) is 17.7. The maximum Gasteiger partial charge on any atom is 0.214 e. The minimum Gasteiger partial charge on any atom is -0.444 e. The minimum atomic E-state index is 0.150. The van der Waals surface area contributed by atoms with Crippen molar-refractivity contribution in [1.29, 1.82) is 0 Å². The van der Waals surface area contributed by atoms with Crippen molar-refractivity contribution < 1.29 is 9.15 Å². The summed E-state index contributed by atoms with van der Waals surface area (Å²) in [5.74, 6) is 2.80. The van der Waals surface area contributed by atoms with Gasteiger partial charge in [0.1, 0.15) is 5.76 Å². The number of hydrogen-bond donors (Lipinski definition) is 2. The number of ether oxygens (including phenoxy) is 1. The van der Waals surface area contributed by atoms with Crippen molar-refractivity contribution in [2.24, 2.45) is 16.3 Å². The molecule has 2 heterocycles. The number of nitrogens with one attached hydrogen (secondary N) is 2. The lowest BCUT2D eigenvalue weighted by Crippen LogP contribution is -2.47. The Morgan fingerprint density at radius 3 is 2.62 bits per heavy atom. The molecule has 0 aliphatic carbocycles. The minimum absolute atomic E-state index is 0.150. The molecule has 6 heteroatoms. The maximum atomic E-state index is 6.04. The number of nitrogens with zero attached hydrogens (tertiary/aromatic N) is 2. The van der Waals surface area contributed by atoms with Gasteiger partial charge in [0.25, 0.3) is 0 Å². The summed E-state index contributed by atoms with van der Waals surface area (Å²) >= 11 is 0. The lowest BCUT2D eigenvalue weighted by atomic mass is 9.78. The third-order valence-corrected chi connectivity index (χ3v) is 4.53. The standard InChI is InChI=1S/C18H32N4O2/c1-12-13(2)24-15(22-12)11-21-17(19-6)20-10-14-8-7-9-23-16(14)18(3,4)5/h14,16H,7-11H2,1-6H3,(H2,19,20,21). The smallest absolute Gasteiger partial charge is 0.214 e. The van der Waals surface area contributed by atoms with Crippen LogP contribution in [-0.4, -0.2) is 37.2 Å². The van der Waals surface area contributed by atoms with Crippen molar-refractivity contribution in [3.8, 4) is 0 Å². The molecular formula is C18H32N4O2. The van der Waals surface area contributed by atoms with E-state index in [1.807, 2.05) is 13.8 Å². The second kappa shape index (κ2) is 8.01. The largest absolute Gasteiger partial charge is 0.444 e. The first kappa shape index (κ1) is 18.8. The van der Waals surface area contributed by atoms with E-state index in [2.05, 4.69) is 41.4 Å². The van der Waals surface area contributed by atoms with Crippen molar-refractivity contribution >= 4 is 5.96 Å². The van der Waals surface area contributed by atoms with Crippen LogP contribution in [0.15, 0.2) is 9.41 Å². The summed E-state index contributed by atoms with van der Waals surface area (Å²) in [5, 5.41) is 6.68. The van der Waals surface area contributed by atoms with E-state index < -0.39 is 0 Å². The molecule has 0 aromatic carbocycles. The fourth-order valence-corrected chi connectivity index (χ4v) is 3.23. The summed E-state index contributed by atoms with van der Waals surface area (Å²) in [6.45, 7) is 12.9. The number of hydrogen-bond acceptors (Lipinski definition) is 4. The van der Waals surface area contributed by atoms with Crippen LogP contribution in [0.2, 0.25) is 0 Å². The summed E-state index contributed by atoms with van der Waals surface area (Å²) in [7, 11) is 1.78. The highest BCUT2D eigenvalue weighted by molar-refractivity contribution is 5.79. The Bertz CT molecular complexity index is 540.